The van der Waals surface area contributed by atoms with E-state index in [4.69, 9.17) is 9.72 Å². The van der Waals surface area contributed by atoms with Gasteiger partial charge in [-0.05, 0) is 43.0 Å². The van der Waals surface area contributed by atoms with Gasteiger partial charge in [0.15, 0.2) is 5.82 Å². The van der Waals surface area contributed by atoms with Crippen LogP contribution in [0.2, 0.25) is 0 Å². The summed E-state index contributed by atoms with van der Waals surface area (Å²) >= 11 is 0. The van der Waals surface area contributed by atoms with Crippen molar-refractivity contribution in [2.24, 2.45) is 14.1 Å². The van der Waals surface area contributed by atoms with E-state index in [9.17, 15) is 19.2 Å². The van der Waals surface area contributed by atoms with Crippen molar-refractivity contribution < 1.29 is 23.1 Å². The molecule has 0 saturated carbocycles. The number of benzene rings is 2. The van der Waals surface area contributed by atoms with Crippen molar-refractivity contribution in [3.8, 4) is 28.3 Å². The van der Waals surface area contributed by atoms with Crippen LogP contribution in [0.1, 0.15) is 46.8 Å². The molecule has 3 aliphatic rings. The summed E-state index contributed by atoms with van der Waals surface area (Å²) in [5, 5.41) is 5.50. The molecule has 4 aromatic rings. The number of ether oxygens (including phenoxy) is 1. The Morgan fingerprint density at radius 3 is 2.43 bits per heavy atom. The third-order valence-corrected chi connectivity index (χ3v) is 9.51. The molecule has 2 aromatic heterocycles. The van der Waals surface area contributed by atoms with Crippen molar-refractivity contribution in [2.75, 3.05) is 25.5 Å². The number of fused-ring (bicyclic) bond motifs is 1. The van der Waals surface area contributed by atoms with E-state index in [1.165, 1.54) is 45.5 Å². The molecule has 2 aliphatic heterocycles. The Labute approximate surface area is 267 Å². The molecule has 47 heavy (non-hydrogen) atoms. The van der Waals surface area contributed by atoms with Crippen LogP contribution in [0, 0.1) is 11.6 Å². The normalized spacial score (nSPS) is 18.1. The van der Waals surface area contributed by atoms with Gasteiger partial charge < -0.3 is 19.9 Å². The second kappa shape index (κ2) is 11.3. The number of nitrogens with one attached hydrogen (secondary N) is 2. The molecule has 2 fully saturated rings. The number of methoxy groups -OCH3 is 1. The lowest BCUT2D eigenvalue weighted by molar-refractivity contribution is -0.121. The summed E-state index contributed by atoms with van der Waals surface area (Å²) in [5.74, 6) is -2.02. The molecule has 4 heterocycles. The molecule has 7 rings (SSSR count). The van der Waals surface area contributed by atoms with Gasteiger partial charge in [0.25, 0.3) is 11.5 Å². The molecule has 1 aliphatic carbocycles. The van der Waals surface area contributed by atoms with Crippen molar-refractivity contribution in [2.45, 2.75) is 37.3 Å². The number of rotatable bonds is 6. The number of hydrogen-bond donors (Lipinski definition) is 2. The van der Waals surface area contributed by atoms with Gasteiger partial charge in [-0.3, -0.25) is 23.9 Å². The second-order valence-electron chi connectivity index (χ2n) is 12.5. The smallest absolute Gasteiger partial charge is 0.330 e. The molecule has 13 heteroatoms. The lowest BCUT2D eigenvalue weighted by Crippen LogP contribution is -2.67. The van der Waals surface area contributed by atoms with Gasteiger partial charge in [-0.25, -0.2) is 18.6 Å². The maximum atomic E-state index is 16.3. The monoisotopic (exact) mass is 642 g/mol. The van der Waals surface area contributed by atoms with Gasteiger partial charge in [-0.15, -0.1) is 0 Å². The van der Waals surface area contributed by atoms with Crippen LogP contribution < -0.4 is 26.6 Å². The van der Waals surface area contributed by atoms with Gasteiger partial charge in [0.05, 0.1) is 24.0 Å². The maximum Gasteiger partial charge on any atom is 0.330 e. The molecular formula is C34H32F2N6O5. The third-order valence-electron chi connectivity index (χ3n) is 9.51. The summed E-state index contributed by atoms with van der Waals surface area (Å²) in [6.07, 6.45) is 4.06. The first-order valence-electron chi connectivity index (χ1n) is 15.3. The largest absolute Gasteiger partial charge is 0.481 e. The van der Waals surface area contributed by atoms with Crippen molar-refractivity contribution in [1.29, 1.82) is 0 Å². The molecule has 1 unspecified atom stereocenters. The zero-order valence-electron chi connectivity index (χ0n) is 26.0. The van der Waals surface area contributed by atoms with E-state index in [0.29, 0.717) is 18.0 Å². The number of pyridine rings is 1. The molecule has 2 amide bonds. The maximum absolute atomic E-state index is 16.3. The highest BCUT2D eigenvalue weighted by Gasteiger charge is 2.51. The minimum Gasteiger partial charge on any atom is -0.481 e. The Morgan fingerprint density at radius 1 is 1.02 bits per heavy atom. The predicted octanol–water partition coefficient (Wildman–Crippen LogP) is 3.30. The van der Waals surface area contributed by atoms with Crippen LogP contribution in [0.3, 0.4) is 0 Å². The van der Waals surface area contributed by atoms with Crippen LogP contribution in [-0.2, 0) is 25.3 Å². The van der Waals surface area contributed by atoms with Crippen molar-refractivity contribution >= 4 is 17.5 Å². The Kier molecular flexibility index (Phi) is 7.31. The fourth-order valence-electron chi connectivity index (χ4n) is 7.13. The molecule has 11 nitrogen and oxygen atoms in total. The highest BCUT2D eigenvalue weighted by atomic mass is 19.1. The zero-order valence-corrected chi connectivity index (χ0v) is 26.0. The van der Waals surface area contributed by atoms with Gasteiger partial charge in [-0.2, -0.15) is 0 Å². The Bertz CT molecular complexity index is 2100. The number of carbonyl (C=O) groups excluding carboxylic acids is 2. The van der Waals surface area contributed by atoms with Crippen LogP contribution in [0.4, 0.5) is 14.5 Å². The number of hydrogen-bond acceptors (Lipinski definition) is 7. The highest BCUT2D eigenvalue weighted by Crippen LogP contribution is 2.47. The van der Waals surface area contributed by atoms with E-state index >= 15 is 8.78 Å². The Balaban J connectivity index is 1.18. The Hall–Kier alpha value is -5.17. The quantitative estimate of drug-likeness (QED) is 0.331. The van der Waals surface area contributed by atoms with E-state index < -0.39 is 28.8 Å². The van der Waals surface area contributed by atoms with Crippen LogP contribution in [-0.4, -0.2) is 56.6 Å². The number of carbonyl (C=O) groups is 2. The van der Waals surface area contributed by atoms with Gasteiger partial charge in [0.1, 0.15) is 11.4 Å². The SMILES string of the molecule is COc1nc(-c2cccc(-c3cccc(NC(=O)c4cn(C)c(=O)n(C)c4=O)c3F)c2F)cc2c1C(N1CC3(CCC(=O)N3)C1)CC2. The van der Waals surface area contributed by atoms with Gasteiger partial charge in [0.2, 0.25) is 11.8 Å². The molecule has 0 bridgehead atoms. The average Bonchev–Trinajstić information content (AvgIpc) is 3.65. The van der Waals surface area contributed by atoms with Crippen LogP contribution >= 0.6 is 0 Å². The van der Waals surface area contributed by atoms with E-state index in [0.717, 1.165) is 58.8 Å². The lowest BCUT2D eigenvalue weighted by atomic mass is 9.86. The second-order valence-corrected chi connectivity index (χ2v) is 12.5. The fourth-order valence-corrected chi connectivity index (χ4v) is 7.13. The van der Waals surface area contributed by atoms with E-state index in [2.05, 4.69) is 15.5 Å². The summed E-state index contributed by atoms with van der Waals surface area (Å²) in [4.78, 5) is 56.3. The first-order valence-corrected chi connectivity index (χ1v) is 15.3. The lowest BCUT2D eigenvalue weighted by Gasteiger charge is -2.50. The molecule has 2 aromatic carbocycles. The Morgan fingerprint density at radius 2 is 1.72 bits per heavy atom. The number of aryl methyl sites for hydroxylation is 2. The molecule has 242 valence electrons. The summed E-state index contributed by atoms with van der Waals surface area (Å²) in [7, 11) is 4.16. The van der Waals surface area contributed by atoms with E-state index in [1.807, 2.05) is 6.07 Å². The number of nitrogens with zero attached hydrogens (tertiary/aromatic N) is 4. The summed E-state index contributed by atoms with van der Waals surface area (Å²) in [6.45, 7) is 1.52. The fraction of sp³-hybridized carbons (Fsp3) is 0.324. The molecule has 2 N–H and O–H groups in total. The third kappa shape index (κ3) is 5.01. The minimum atomic E-state index is -0.916. The average molecular weight is 643 g/mol. The minimum absolute atomic E-state index is 0.0437. The summed E-state index contributed by atoms with van der Waals surface area (Å²) in [5.41, 5.74) is 0.103. The van der Waals surface area contributed by atoms with Crippen LogP contribution in [0.25, 0.3) is 22.4 Å². The zero-order chi connectivity index (χ0) is 33.2. The van der Waals surface area contributed by atoms with E-state index in [-0.39, 0.29) is 45.4 Å². The topological polar surface area (TPSA) is 128 Å². The molecular weight excluding hydrogens is 610 g/mol. The van der Waals surface area contributed by atoms with Gasteiger partial charge >= 0.3 is 5.69 Å². The van der Waals surface area contributed by atoms with Crippen LogP contribution in [0.5, 0.6) is 5.88 Å². The number of amides is 2. The summed E-state index contributed by atoms with van der Waals surface area (Å²) in [6, 6.07) is 10.7. The molecule has 0 radical (unpaired) electrons. The molecule has 1 atom stereocenters. The number of halogens is 2. The number of aromatic nitrogens is 3. The van der Waals surface area contributed by atoms with Crippen molar-refractivity contribution in [3.05, 3.63) is 97.8 Å². The molecule has 2 saturated heterocycles. The first-order chi connectivity index (χ1) is 22.5. The van der Waals surface area contributed by atoms with Gasteiger partial charge in [0, 0.05) is 68.1 Å². The number of likely N-dealkylation sites (tertiary alicyclic amines) is 1. The summed E-state index contributed by atoms with van der Waals surface area (Å²) < 4.78 is 39.7. The first kappa shape index (κ1) is 30.5. The van der Waals surface area contributed by atoms with Gasteiger partial charge in [-0.1, -0.05) is 24.3 Å². The highest BCUT2D eigenvalue weighted by molar-refractivity contribution is 6.04. The molecule has 1 spiro atoms. The predicted molar refractivity (Wildman–Crippen MR) is 169 cm³/mol. The number of anilines is 1. The standard InChI is InChI=1S/C34H32F2N6O5/c1-40-15-22(32(45)41(2)33(40)46)30(44)37-23-9-5-7-20(29(23)36)19-6-4-8-21(28(19)35)24-14-18-10-11-25(27(18)31(38-24)47-3)42-16-34(17-42)13-12-26(43)39-34/h4-9,14-15,25H,10-13,16-17H2,1-3H3,(H,37,44)(H,39,43). The van der Waals surface area contributed by atoms with E-state index in [1.54, 1.807) is 12.1 Å². The van der Waals surface area contributed by atoms with Crippen molar-refractivity contribution in [3.63, 3.8) is 0 Å². The van der Waals surface area contributed by atoms with Crippen LogP contribution in [0.15, 0.2) is 58.3 Å². The van der Waals surface area contributed by atoms with Crippen molar-refractivity contribution in [1.82, 2.24) is 24.3 Å².